The molecule has 19 heavy (non-hydrogen) atoms. The molecule has 0 aliphatic rings. The van der Waals surface area contributed by atoms with Gasteiger partial charge in [0.2, 0.25) is 5.91 Å². The van der Waals surface area contributed by atoms with Gasteiger partial charge in [-0.15, -0.1) is 0 Å². The first-order valence-corrected chi connectivity index (χ1v) is 6.32. The van der Waals surface area contributed by atoms with Crippen LogP contribution in [0.15, 0.2) is 0 Å². The first-order chi connectivity index (χ1) is 8.76. The Bertz CT molecular complexity index is 285. The van der Waals surface area contributed by atoms with Crippen molar-refractivity contribution in [1.82, 2.24) is 5.32 Å². The molecule has 1 amide bonds. The fraction of sp³-hybridized carbons (Fsp3) is 0.846. The zero-order valence-corrected chi connectivity index (χ0v) is 12.2. The minimum atomic E-state index is -0.893. The minimum Gasteiger partial charge on any atom is -0.481 e. The van der Waals surface area contributed by atoms with E-state index in [0.717, 1.165) is 0 Å². The van der Waals surface area contributed by atoms with E-state index < -0.39 is 11.9 Å². The van der Waals surface area contributed by atoms with Gasteiger partial charge in [-0.1, -0.05) is 20.8 Å². The van der Waals surface area contributed by atoms with E-state index in [1.54, 1.807) is 7.11 Å². The molecule has 0 rings (SSSR count). The summed E-state index contributed by atoms with van der Waals surface area (Å²) in [6.45, 7) is 6.73. The number of aliphatic carboxylic acids is 1. The molecule has 0 aromatic carbocycles. The molecule has 0 bridgehead atoms. The van der Waals surface area contributed by atoms with Gasteiger partial charge < -0.3 is 19.9 Å². The highest BCUT2D eigenvalue weighted by Crippen LogP contribution is 2.24. The van der Waals surface area contributed by atoms with Gasteiger partial charge in [0.25, 0.3) is 0 Å². The Morgan fingerprint density at radius 1 is 1.26 bits per heavy atom. The van der Waals surface area contributed by atoms with E-state index in [4.69, 9.17) is 14.6 Å². The summed E-state index contributed by atoms with van der Waals surface area (Å²) in [5, 5.41) is 11.7. The average molecular weight is 275 g/mol. The zero-order valence-electron chi connectivity index (χ0n) is 12.2. The van der Waals surface area contributed by atoms with Gasteiger partial charge in [-0.25, -0.2) is 0 Å². The summed E-state index contributed by atoms with van der Waals surface area (Å²) < 4.78 is 9.82. The van der Waals surface area contributed by atoms with Crippen LogP contribution < -0.4 is 5.32 Å². The first-order valence-electron chi connectivity index (χ1n) is 6.32. The average Bonchev–Trinajstić information content (AvgIpc) is 2.28. The number of carboxylic acids is 1. The lowest BCUT2D eigenvalue weighted by Crippen LogP contribution is -2.36. The van der Waals surface area contributed by atoms with Crippen LogP contribution in [0.1, 0.15) is 27.2 Å². The van der Waals surface area contributed by atoms with Crippen LogP contribution in [0.2, 0.25) is 0 Å². The van der Waals surface area contributed by atoms with Gasteiger partial charge in [0, 0.05) is 13.7 Å². The fourth-order valence-corrected chi connectivity index (χ4v) is 1.58. The molecule has 0 heterocycles. The van der Waals surface area contributed by atoms with Crippen LogP contribution in [0.5, 0.6) is 0 Å². The number of nitrogens with one attached hydrogen (secondary N) is 1. The van der Waals surface area contributed by atoms with Crippen molar-refractivity contribution in [2.45, 2.75) is 27.2 Å². The molecule has 0 aliphatic heterocycles. The third-order valence-electron chi connectivity index (χ3n) is 2.42. The van der Waals surface area contributed by atoms with Crippen LogP contribution in [-0.4, -0.2) is 50.5 Å². The predicted octanol–water partition coefficient (Wildman–Crippen LogP) is 0.903. The van der Waals surface area contributed by atoms with Gasteiger partial charge in [-0.2, -0.15) is 0 Å². The monoisotopic (exact) mass is 275 g/mol. The van der Waals surface area contributed by atoms with Crippen LogP contribution in [-0.2, 0) is 19.1 Å². The van der Waals surface area contributed by atoms with E-state index in [-0.39, 0.29) is 24.5 Å². The summed E-state index contributed by atoms with van der Waals surface area (Å²) in [5.41, 5.74) is -0.0945. The van der Waals surface area contributed by atoms with E-state index in [2.05, 4.69) is 5.32 Å². The molecule has 0 aliphatic carbocycles. The van der Waals surface area contributed by atoms with E-state index >= 15 is 0 Å². The van der Waals surface area contributed by atoms with E-state index in [0.29, 0.717) is 19.6 Å². The molecule has 6 nitrogen and oxygen atoms in total. The Labute approximate surface area is 114 Å². The number of amides is 1. The van der Waals surface area contributed by atoms with Crippen LogP contribution in [0, 0.1) is 11.3 Å². The molecule has 0 saturated carbocycles. The molecular formula is C13H25NO5. The number of carboxylic acid groups (broad SMARTS) is 1. The highest BCUT2D eigenvalue weighted by atomic mass is 16.5. The van der Waals surface area contributed by atoms with Crippen LogP contribution in [0.4, 0.5) is 0 Å². The normalized spacial score (nSPS) is 13.1. The summed E-state index contributed by atoms with van der Waals surface area (Å²) in [6.07, 6.45) is 0.507. The topological polar surface area (TPSA) is 84.9 Å². The SMILES string of the molecule is COCCOCC(=O)NCC(CC(C)(C)C)C(=O)O. The number of methoxy groups -OCH3 is 1. The quantitative estimate of drug-likeness (QED) is 0.611. The van der Waals surface area contributed by atoms with Crippen molar-refractivity contribution in [3.63, 3.8) is 0 Å². The molecule has 0 fully saturated rings. The Hall–Kier alpha value is -1.14. The molecule has 0 aromatic rings. The van der Waals surface area contributed by atoms with Crippen molar-refractivity contribution in [2.75, 3.05) is 33.5 Å². The van der Waals surface area contributed by atoms with Crippen molar-refractivity contribution in [3.05, 3.63) is 0 Å². The number of hydrogen-bond donors (Lipinski definition) is 2. The first kappa shape index (κ1) is 17.9. The fourth-order valence-electron chi connectivity index (χ4n) is 1.58. The van der Waals surface area contributed by atoms with E-state index in [9.17, 15) is 9.59 Å². The second-order valence-corrected chi connectivity index (χ2v) is 5.65. The number of rotatable bonds is 9. The Morgan fingerprint density at radius 3 is 2.37 bits per heavy atom. The smallest absolute Gasteiger partial charge is 0.308 e. The molecule has 0 spiro atoms. The molecule has 6 heteroatoms. The minimum absolute atomic E-state index is 0.0782. The Balaban J connectivity index is 3.98. The predicted molar refractivity (Wildman–Crippen MR) is 70.9 cm³/mol. The van der Waals surface area contributed by atoms with Crippen molar-refractivity contribution in [2.24, 2.45) is 11.3 Å². The lowest BCUT2D eigenvalue weighted by atomic mass is 9.84. The zero-order chi connectivity index (χ0) is 14.9. The maximum Gasteiger partial charge on any atom is 0.308 e. The third-order valence-corrected chi connectivity index (χ3v) is 2.42. The van der Waals surface area contributed by atoms with Crippen LogP contribution >= 0.6 is 0 Å². The second kappa shape index (κ2) is 8.87. The van der Waals surface area contributed by atoms with Gasteiger partial charge in [-0.3, -0.25) is 9.59 Å². The van der Waals surface area contributed by atoms with Crippen LogP contribution in [0.3, 0.4) is 0 Å². The molecule has 1 atom stereocenters. The number of carbonyl (C=O) groups excluding carboxylic acids is 1. The highest BCUT2D eigenvalue weighted by molar-refractivity contribution is 5.78. The standard InChI is InChI=1S/C13H25NO5/c1-13(2,3)7-10(12(16)17)8-14-11(15)9-19-6-5-18-4/h10H,5-9H2,1-4H3,(H,14,15)(H,16,17). The third kappa shape index (κ3) is 10.5. The van der Waals surface area contributed by atoms with Crippen molar-refractivity contribution >= 4 is 11.9 Å². The summed E-state index contributed by atoms with van der Waals surface area (Å²) in [7, 11) is 1.55. The summed E-state index contributed by atoms with van der Waals surface area (Å²) >= 11 is 0. The molecule has 112 valence electrons. The van der Waals surface area contributed by atoms with Crippen molar-refractivity contribution in [1.29, 1.82) is 0 Å². The Kier molecular flexibility index (Phi) is 8.34. The molecule has 2 N–H and O–H groups in total. The summed E-state index contributed by atoms with van der Waals surface area (Å²) in [5.74, 6) is -1.78. The highest BCUT2D eigenvalue weighted by Gasteiger charge is 2.24. The van der Waals surface area contributed by atoms with E-state index in [1.807, 2.05) is 20.8 Å². The molecule has 0 aromatic heterocycles. The number of ether oxygens (including phenoxy) is 2. The van der Waals surface area contributed by atoms with Gasteiger partial charge in [0.05, 0.1) is 19.1 Å². The molecule has 1 unspecified atom stereocenters. The summed E-state index contributed by atoms with van der Waals surface area (Å²) in [6, 6.07) is 0. The maximum absolute atomic E-state index is 11.4. The van der Waals surface area contributed by atoms with E-state index in [1.165, 1.54) is 0 Å². The number of hydrogen-bond acceptors (Lipinski definition) is 4. The second-order valence-electron chi connectivity index (χ2n) is 5.65. The van der Waals surface area contributed by atoms with Crippen molar-refractivity contribution < 1.29 is 24.2 Å². The van der Waals surface area contributed by atoms with Gasteiger partial charge in [0.1, 0.15) is 6.61 Å². The summed E-state index contributed by atoms with van der Waals surface area (Å²) in [4.78, 5) is 22.5. The van der Waals surface area contributed by atoms with Gasteiger partial charge >= 0.3 is 5.97 Å². The maximum atomic E-state index is 11.4. The largest absolute Gasteiger partial charge is 0.481 e. The number of carbonyl (C=O) groups is 2. The van der Waals surface area contributed by atoms with Gasteiger partial charge in [-0.05, 0) is 11.8 Å². The Morgan fingerprint density at radius 2 is 1.89 bits per heavy atom. The molecule has 0 saturated heterocycles. The van der Waals surface area contributed by atoms with Crippen LogP contribution in [0.25, 0.3) is 0 Å². The van der Waals surface area contributed by atoms with Crippen molar-refractivity contribution in [3.8, 4) is 0 Å². The van der Waals surface area contributed by atoms with Gasteiger partial charge in [0.15, 0.2) is 0 Å². The lowest BCUT2D eigenvalue weighted by Gasteiger charge is -2.23. The molecular weight excluding hydrogens is 250 g/mol. The molecule has 0 radical (unpaired) electrons. The lowest BCUT2D eigenvalue weighted by molar-refractivity contribution is -0.142.